The van der Waals surface area contributed by atoms with Crippen molar-refractivity contribution in [1.82, 2.24) is 4.90 Å². The van der Waals surface area contributed by atoms with E-state index in [-0.39, 0.29) is 24.0 Å². The summed E-state index contributed by atoms with van der Waals surface area (Å²) >= 11 is 0. The maximum absolute atomic E-state index is 13.0. The monoisotopic (exact) mass is 398 g/mol. The lowest BCUT2D eigenvalue weighted by atomic mass is 9.86. The second-order valence-electron chi connectivity index (χ2n) is 7.59. The summed E-state index contributed by atoms with van der Waals surface area (Å²) in [5, 5.41) is 10.8. The number of ether oxygens (including phenoxy) is 2. The van der Waals surface area contributed by atoms with Crippen LogP contribution in [0.5, 0.6) is 17.2 Å². The first kappa shape index (κ1) is 20.8. The smallest absolute Gasteiger partial charge is 0.223 e. The van der Waals surface area contributed by atoms with Crippen molar-refractivity contribution in [3.63, 3.8) is 0 Å². The molecule has 0 spiro atoms. The molecule has 6 heteroatoms. The molecular weight excluding hydrogens is 368 g/mol. The Morgan fingerprint density at radius 1 is 1.10 bits per heavy atom. The Morgan fingerprint density at radius 2 is 1.76 bits per heavy atom. The molecule has 0 unspecified atom stereocenters. The zero-order valence-electron chi connectivity index (χ0n) is 17.6. The predicted molar refractivity (Wildman–Crippen MR) is 114 cm³/mol. The summed E-state index contributed by atoms with van der Waals surface area (Å²) in [5.41, 5.74) is 2.64. The van der Waals surface area contributed by atoms with Crippen molar-refractivity contribution in [1.29, 1.82) is 0 Å². The molecule has 0 aromatic heterocycles. The molecule has 6 nitrogen and oxygen atoms in total. The third-order valence-electron chi connectivity index (χ3n) is 5.55. The molecule has 0 saturated carbocycles. The van der Waals surface area contributed by atoms with Gasteiger partial charge in [-0.05, 0) is 30.5 Å². The molecule has 156 valence electrons. The van der Waals surface area contributed by atoms with Crippen LogP contribution in [-0.2, 0) is 4.79 Å². The molecule has 1 fully saturated rings. The van der Waals surface area contributed by atoms with E-state index in [9.17, 15) is 9.90 Å². The molecular formula is C23H30N2O4. The highest BCUT2D eigenvalue weighted by molar-refractivity contribution is 5.78. The van der Waals surface area contributed by atoms with Gasteiger partial charge in [0.25, 0.3) is 0 Å². The summed E-state index contributed by atoms with van der Waals surface area (Å²) in [6.07, 6.45) is 2.37. The van der Waals surface area contributed by atoms with Gasteiger partial charge in [0.1, 0.15) is 17.2 Å². The second kappa shape index (κ2) is 9.07. The Kier molecular flexibility index (Phi) is 6.52. The lowest BCUT2D eigenvalue weighted by Crippen LogP contribution is -2.29. The van der Waals surface area contributed by atoms with E-state index in [1.807, 2.05) is 48.2 Å². The molecule has 0 aliphatic carbocycles. The number of carbonyl (C=O) groups is 1. The van der Waals surface area contributed by atoms with Gasteiger partial charge in [-0.1, -0.05) is 12.1 Å². The summed E-state index contributed by atoms with van der Waals surface area (Å²) in [5.74, 6) is 0.868. The van der Waals surface area contributed by atoms with Crippen LogP contribution in [-0.4, -0.2) is 57.3 Å². The van der Waals surface area contributed by atoms with E-state index in [1.54, 1.807) is 26.4 Å². The molecule has 1 saturated heterocycles. The third kappa shape index (κ3) is 4.58. The van der Waals surface area contributed by atoms with Crippen LogP contribution in [0.2, 0.25) is 0 Å². The fourth-order valence-electron chi connectivity index (χ4n) is 3.89. The molecule has 2 aromatic carbocycles. The highest BCUT2D eigenvalue weighted by Crippen LogP contribution is 2.43. The van der Waals surface area contributed by atoms with Gasteiger partial charge >= 0.3 is 0 Å². The second-order valence-corrected chi connectivity index (χ2v) is 7.59. The first-order valence-electron chi connectivity index (χ1n) is 9.94. The molecule has 1 N–H and O–H groups in total. The number of benzene rings is 2. The molecule has 29 heavy (non-hydrogen) atoms. The number of hydrogen-bond donors (Lipinski definition) is 1. The lowest BCUT2D eigenvalue weighted by Gasteiger charge is -2.25. The van der Waals surface area contributed by atoms with E-state index >= 15 is 0 Å². The number of aromatic hydroxyl groups is 1. The summed E-state index contributed by atoms with van der Waals surface area (Å²) < 4.78 is 10.8. The number of methoxy groups -OCH3 is 2. The van der Waals surface area contributed by atoms with Crippen molar-refractivity contribution in [2.45, 2.75) is 25.2 Å². The number of nitrogens with zero attached hydrogens (tertiary/aromatic N) is 2. The van der Waals surface area contributed by atoms with Crippen LogP contribution < -0.4 is 14.4 Å². The number of phenols is 1. The Hall–Kier alpha value is -2.89. The highest BCUT2D eigenvalue weighted by Gasteiger charge is 2.28. The maximum Gasteiger partial charge on any atom is 0.223 e. The first-order chi connectivity index (χ1) is 13.9. The minimum atomic E-state index is -0.319. The van der Waals surface area contributed by atoms with Crippen molar-refractivity contribution in [2.75, 3.05) is 46.3 Å². The van der Waals surface area contributed by atoms with E-state index in [0.29, 0.717) is 17.1 Å². The molecule has 1 amide bonds. The summed E-state index contributed by atoms with van der Waals surface area (Å²) in [6.45, 7) is 1.60. The number of anilines is 1. The summed E-state index contributed by atoms with van der Waals surface area (Å²) in [7, 11) is 7.08. The molecule has 1 heterocycles. The van der Waals surface area contributed by atoms with Gasteiger partial charge in [-0.15, -0.1) is 0 Å². The van der Waals surface area contributed by atoms with Gasteiger partial charge in [0.15, 0.2) is 0 Å². The molecule has 1 aliphatic rings. The molecule has 0 bridgehead atoms. The van der Waals surface area contributed by atoms with Gasteiger partial charge in [0, 0.05) is 62.9 Å². The molecule has 1 atom stereocenters. The Balaban J connectivity index is 2.04. The van der Waals surface area contributed by atoms with E-state index in [0.717, 1.165) is 37.2 Å². The number of rotatable bonds is 7. The van der Waals surface area contributed by atoms with Crippen molar-refractivity contribution >= 4 is 11.6 Å². The van der Waals surface area contributed by atoms with E-state index in [4.69, 9.17) is 9.47 Å². The Morgan fingerprint density at radius 3 is 2.31 bits per heavy atom. The average Bonchev–Trinajstić information content (AvgIpc) is 3.26. The van der Waals surface area contributed by atoms with E-state index in [1.165, 1.54) is 0 Å². The first-order valence-corrected chi connectivity index (χ1v) is 9.94. The van der Waals surface area contributed by atoms with Gasteiger partial charge in [-0.3, -0.25) is 4.79 Å². The quantitative estimate of drug-likeness (QED) is 0.772. The zero-order chi connectivity index (χ0) is 21.0. The SMILES string of the molecule is COc1cc(O)c([C@H](CC(=O)N2CCCC2)c2ccc(N(C)C)cc2)c(OC)c1. The fraction of sp³-hybridized carbons (Fsp3) is 0.435. The van der Waals surface area contributed by atoms with Crippen molar-refractivity contribution in [2.24, 2.45) is 0 Å². The van der Waals surface area contributed by atoms with Gasteiger partial charge in [0.05, 0.1) is 14.2 Å². The van der Waals surface area contributed by atoms with Crippen LogP contribution in [0.15, 0.2) is 36.4 Å². The minimum absolute atomic E-state index is 0.0668. The predicted octanol–water partition coefficient (Wildman–Crippen LogP) is 3.62. The highest BCUT2D eigenvalue weighted by atomic mass is 16.5. The zero-order valence-corrected chi connectivity index (χ0v) is 17.6. The molecule has 2 aromatic rings. The molecule has 3 rings (SSSR count). The normalized spacial score (nSPS) is 14.6. The number of hydrogen-bond acceptors (Lipinski definition) is 5. The van der Waals surface area contributed by atoms with Crippen LogP contribution in [0.25, 0.3) is 0 Å². The number of phenolic OH excluding ortho intramolecular Hbond substituents is 1. The number of likely N-dealkylation sites (tertiary alicyclic amines) is 1. The van der Waals surface area contributed by atoms with Crippen molar-refractivity contribution in [3.8, 4) is 17.2 Å². The van der Waals surface area contributed by atoms with Crippen molar-refractivity contribution < 1.29 is 19.4 Å². The minimum Gasteiger partial charge on any atom is -0.507 e. The van der Waals surface area contributed by atoms with Crippen LogP contribution in [0, 0.1) is 0 Å². The largest absolute Gasteiger partial charge is 0.507 e. The standard InChI is InChI=1S/C23H30N2O4/c1-24(2)17-9-7-16(8-10-17)19(15-22(27)25-11-5-6-12-25)23-20(26)13-18(28-3)14-21(23)29-4/h7-10,13-14,19,26H,5-6,11-12,15H2,1-4H3/t19-/m1/s1. The third-order valence-corrected chi connectivity index (χ3v) is 5.55. The number of amides is 1. The van der Waals surface area contributed by atoms with Crippen molar-refractivity contribution in [3.05, 3.63) is 47.5 Å². The summed E-state index contributed by atoms with van der Waals surface area (Å²) in [6, 6.07) is 11.4. The van der Waals surface area contributed by atoms with Crippen LogP contribution in [0.4, 0.5) is 5.69 Å². The van der Waals surface area contributed by atoms with Gasteiger partial charge < -0.3 is 24.4 Å². The van der Waals surface area contributed by atoms with Crippen LogP contribution in [0.1, 0.15) is 36.3 Å². The summed E-state index contributed by atoms with van der Waals surface area (Å²) in [4.78, 5) is 16.9. The maximum atomic E-state index is 13.0. The molecule has 1 aliphatic heterocycles. The fourth-order valence-corrected chi connectivity index (χ4v) is 3.89. The van der Waals surface area contributed by atoms with E-state index in [2.05, 4.69) is 0 Å². The Labute approximate surface area is 172 Å². The van der Waals surface area contributed by atoms with Crippen LogP contribution >= 0.6 is 0 Å². The lowest BCUT2D eigenvalue weighted by molar-refractivity contribution is -0.130. The van der Waals surface area contributed by atoms with E-state index < -0.39 is 0 Å². The molecule has 0 radical (unpaired) electrons. The van der Waals surface area contributed by atoms with Crippen LogP contribution in [0.3, 0.4) is 0 Å². The number of carbonyl (C=O) groups excluding carboxylic acids is 1. The van der Waals surface area contributed by atoms with Gasteiger partial charge in [-0.25, -0.2) is 0 Å². The average molecular weight is 399 g/mol. The Bertz CT molecular complexity index is 843. The topological polar surface area (TPSA) is 62.2 Å². The van der Waals surface area contributed by atoms with Gasteiger partial charge in [-0.2, -0.15) is 0 Å². The van der Waals surface area contributed by atoms with Gasteiger partial charge in [0.2, 0.25) is 5.91 Å².